The Morgan fingerprint density at radius 3 is 2.61 bits per heavy atom. The van der Waals surface area contributed by atoms with Crippen LogP contribution >= 0.6 is 54.8 Å². The largest absolute Gasteiger partial charge is 0.252 e. The molecule has 102 valence electrons. The number of sulfonamides is 1. The van der Waals surface area contributed by atoms with E-state index in [9.17, 15) is 8.42 Å². The molecular formula is C10H12Br2ClNO2S2. The predicted octanol–water partition coefficient (Wildman–Crippen LogP) is 3.96. The van der Waals surface area contributed by atoms with Crippen molar-refractivity contribution >= 4 is 64.8 Å². The fraction of sp³-hybridized carbons (Fsp3) is 0.600. The van der Waals surface area contributed by atoms with Crippen molar-refractivity contribution in [2.75, 3.05) is 13.6 Å². The van der Waals surface area contributed by atoms with Crippen molar-refractivity contribution in [3.05, 3.63) is 14.9 Å². The quantitative estimate of drug-likeness (QED) is 0.669. The van der Waals surface area contributed by atoms with Crippen LogP contribution in [0.2, 0.25) is 5.02 Å². The first-order chi connectivity index (χ1) is 8.30. The molecule has 1 aromatic rings. The molecule has 0 unspecified atom stereocenters. The number of alkyl halides is 1. The van der Waals surface area contributed by atoms with Gasteiger partial charge in [-0.3, -0.25) is 0 Å². The van der Waals surface area contributed by atoms with E-state index in [4.69, 9.17) is 11.6 Å². The molecule has 0 amide bonds. The summed E-state index contributed by atoms with van der Waals surface area (Å²) in [6.45, 7) is 0.567. The number of halogens is 3. The van der Waals surface area contributed by atoms with Gasteiger partial charge in [-0.15, -0.1) is 11.3 Å². The number of rotatable bonds is 4. The minimum absolute atomic E-state index is 0.289. The summed E-state index contributed by atoms with van der Waals surface area (Å²) in [5, 5.41) is 0.441. The van der Waals surface area contributed by atoms with E-state index >= 15 is 0 Å². The van der Waals surface area contributed by atoms with Crippen molar-refractivity contribution in [3.8, 4) is 0 Å². The molecule has 2 rings (SSSR count). The van der Waals surface area contributed by atoms with Crippen LogP contribution in [0.4, 0.5) is 0 Å². The molecule has 1 saturated carbocycles. The summed E-state index contributed by atoms with van der Waals surface area (Å²) in [6.07, 6.45) is 2.07. The second-order valence-electron chi connectivity index (χ2n) is 4.41. The number of hydrogen-bond acceptors (Lipinski definition) is 3. The van der Waals surface area contributed by atoms with Gasteiger partial charge < -0.3 is 0 Å². The first-order valence-corrected chi connectivity index (χ1v) is 9.70. The molecule has 0 aromatic carbocycles. The second kappa shape index (κ2) is 5.69. The van der Waals surface area contributed by atoms with Crippen molar-refractivity contribution in [1.29, 1.82) is 0 Å². The summed E-state index contributed by atoms with van der Waals surface area (Å²) >= 11 is 13.8. The van der Waals surface area contributed by atoms with Gasteiger partial charge in [-0.1, -0.05) is 27.5 Å². The lowest BCUT2D eigenvalue weighted by Gasteiger charge is -2.33. The molecule has 0 spiro atoms. The summed E-state index contributed by atoms with van der Waals surface area (Å²) in [4.78, 5) is 0.545. The van der Waals surface area contributed by atoms with Crippen LogP contribution in [0.5, 0.6) is 0 Å². The fourth-order valence-electron chi connectivity index (χ4n) is 1.87. The van der Waals surface area contributed by atoms with Crippen LogP contribution in [0.3, 0.4) is 0 Å². The third kappa shape index (κ3) is 3.12. The number of nitrogens with zero attached hydrogens (tertiary/aromatic N) is 1. The van der Waals surface area contributed by atoms with E-state index in [1.165, 1.54) is 10.4 Å². The Labute approximate surface area is 133 Å². The highest BCUT2D eigenvalue weighted by Gasteiger charge is 2.32. The molecule has 1 heterocycles. The third-order valence-corrected chi connectivity index (χ3v) is 8.48. The minimum Gasteiger partial charge on any atom is -0.206 e. The molecule has 1 fully saturated rings. The first-order valence-electron chi connectivity index (χ1n) is 5.36. The highest BCUT2D eigenvalue weighted by atomic mass is 79.9. The van der Waals surface area contributed by atoms with E-state index in [2.05, 4.69) is 31.9 Å². The zero-order valence-corrected chi connectivity index (χ0v) is 15.1. The Balaban J connectivity index is 2.10. The highest BCUT2D eigenvalue weighted by molar-refractivity contribution is 9.11. The zero-order chi connectivity index (χ0) is 13.5. The molecule has 0 radical (unpaired) electrons. The van der Waals surface area contributed by atoms with Gasteiger partial charge in [-0.25, -0.2) is 8.42 Å². The molecule has 0 bridgehead atoms. The van der Waals surface area contributed by atoms with Gasteiger partial charge in [0.1, 0.15) is 4.21 Å². The zero-order valence-electron chi connectivity index (χ0n) is 9.57. The van der Waals surface area contributed by atoms with Crippen molar-refractivity contribution < 1.29 is 8.42 Å². The number of thiophene rings is 1. The maximum atomic E-state index is 12.3. The highest BCUT2D eigenvalue weighted by Crippen LogP contribution is 2.37. The monoisotopic (exact) mass is 435 g/mol. The molecule has 18 heavy (non-hydrogen) atoms. The van der Waals surface area contributed by atoms with Gasteiger partial charge in [0.25, 0.3) is 10.0 Å². The Kier molecular flexibility index (Phi) is 4.82. The van der Waals surface area contributed by atoms with Crippen LogP contribution < -0.4 is 0 Å². The molecule has 1 aromatic heterocycles. The third-order valence-electron chi connectivity index (χ3n) is 2.98. The van der Waals surface area contributed by atoms with Crippen LogP contribution in [0, 0.1) is 5.92 Å². The number of hydrogen-bond donors (Lipinski definition) is 0. The molecule has 0 aliphatic heterocycles. The topological polar surface area (TPSA) is 37.4 Å². The standard InChI is InChI=1S/C10H12Br2ClNO2S2/c1-14(5-6-2-7(11)3-6)18(15,16)9-4-8(13)10(12)17-9/h4,6-7H,2-3,5H2,1H3. The molecule has 0 N–H and O–H groups in total. The van der Waals surface area contributed by atoms with Gasteiger partial charge in [0.2, 0.25) is 0 Å². The van der Waals surface area contributed by atoms with E-state index < -0.39 is 10.0 Å². The molecule has 8 heteroatoms. The molecule has 3 nitrogen and oxygen atoms in total. The van der Waals surface area contributed by atoms with Gasteiger partial charge in [0, 0.05) is 18.4 Å². The summed E-state index contributed by atoms with van der Waals surface area (Å²) in [6, 6.07) is 1.50. The summed E-state index contributed by atoms with van der Waals surface area (Å²) in [5.74, 6) is 0.452. The van der Waals surface area contributed by atoms with E-state index in [1.807, 2.05) is 0 Å². The van der Waals surface area contributed by atoms with Crippen molar-refractivity contribution in [2.45, 2.75) is 21.9 Å². The lowest BCUT2D eigenvalue weighted by molar-refractivity contribution is 0.275. The van der Waals surface area contributed by atoms with Crippen molar-refractivity contribution in [2.24, 2.45) is 5.92 Å². The van der Waals surface area contributed by atoms with Gasteiger partial charge in [-0.2, -0.15) is 4.31 Å². The molecule has 1 aliphatic rings. The minimum atomic E-state index is -3.41. The van der Waals surface area contributed by atoms with Crippen molar-refractivity contribution in [3.63, 3.8) is 0 Å². The molecular weight excluding hydrogens is 426 g/mol. The van der Waals surface area contributed by atoms with Gasteiger partial charge in [0.05, 0.1) is 8.81 Å². The SMILES string of the molecule is CN(CC1CC(Br)C1)S(=O)(=O)c1cc(Cl)c(Br)s1. The average molecular weight is 438 g/mol. The van der Waals surface area contributed by atoms with E-state index in [0.717, 1.165) is 24.2 Å². The molecule has 1 aliphatic carbocycles. The maximum absolute atomic E-state index is 12.3. The Morgan fingerprint density at radius 2 is 2.17 bits per heavy atom. The second-order valence-corrected chi connectivity index (χ2v) is 10.8. The lowest BCUT2D eigenvalue weighted by atomic mass is 9.85. The van der Waals surface area contributed by atoms with Gasteiger partial charge in [-0.05, 0) is 40.8 Å². The normalized spacial score (nSPS) is 24.3. The summed E-state index contributed by atoms with van der Waals surface area (Å²) in [5.41, 5.74) is 0. The Bertz CT molecular complexity index is 521. The molecule has 0 saturated heterocycles. The summed E-state index contributed by atoms with van der Waals surface area (Å²) in [7, 11) is -1.78. The Morgan fingerprint density at radius 1 is 1.56 bits per heavy atom. The maximum Gasteiger partial charge on any atom is 0.252 e. The van der Waals surface area contributed by atoms with E-state index in [0.29, 0.717) is 26.1 Å². The lowest BCUT2D eigenvalue weighted by Crippen LogP contribution is -2.37. The summed E-state index contributed by atoms with van der Waals surface area (Å²) < 4.78 is 27.0. The van der Waals surface area contributed by atoms with E-state index in [-0.39, 0.29) is 4.21 Å². The Hall–Kier alpha value is 0.860. The van der Waals surface area contributed by atoms with Crippen LogP contribution in [0.1, 0.15) is 12.8 Å². The fourth-order valence-corrected chi connectivity index (χ4v) is 6.79. The van der Waals surface area contributed by atoms with Crippen LogP contribution in [0.25, 0.3) is 0 Å². The van der Waals surface area contributed by atoms with Crippen LogP contribution in [0.15, 0.2) is 14.1 Å². The van der Waals surface area contributed by atoms with E-state index in [1.54, 1.807) is 7.05 Å². The predicted molar refractivity (Wildman–Crippen MR) is 82.3 cm³/mol. The smallest absolute Gasteiger partial charge is 0.206 e. The van der Waals surface area contributed by atoms with Crippen molar-refractivity contribution in [1.82, 2.24) is 4.31 Å². The average Bonchev–Trinajstić information content (AvgIpc) is 2.57. The van der Waals surface area contributed by atoms with Gasteiger partial charge in [0.15, 0.2) is 0 Å². The first kappa shape index (κ1) is 15.3. The van der Waals surface area contributed by atoms with Gasteiger partial charge >= 0.3 is 0 Å². The van der Waals surface area contributed by atoms with Crippen LogP contribution in [-0.2, 0) is 10.0 Å². The molecule has 0 atom stereocenters. The van der Waals surface area contributed by atoms with Crippen LogP contribution in [-0.4, -0.2) is 31.1 Å².